The summed E-state index contributed by atoms with van der Waals surface area (Å²) in [7, 11) is 0. The molecule has 13 heavy (non-hydrogen) atoms. The van der Waals surface area contributed by atoms with E-state index in [1.807, 2.05) is 20.8 Å². The topological polar surface area (TPSA) is 42.1 Å². The molecule has 0 aromatic carbocycles. The van der Waals surface area contributed by atoms with Crippen LogP contribution in [0.3, 0.4) is 0 Å². The molecule has 0 radical (unpaired) electrons. The third-order valence-corrected chi connectivity index (χ3v) is 1.71. The predicted octanol–water partition coefficient (Wildman–Crippen LogP) is 1.72. The van der Waals surface area contributed by atoms with Crippen LogP contribution in [0.15, 0.2) is 17.1 Å². The van der Waals surface area contributed by atoms with Crippen molar-refractivity contribution in [3.05, 3.63) is 28.2 Å². The van der Waals surface area contributed by atoms with Crippen LogP contribution < -0.4 is 10.3 Å². The lowest BCUT2D eigenvalue weighted by molar-refractivity contribution is 0.239. The summed E-state index contributed by atoms with van der Waals surface area (Å²) in [4.78, 5) is 13.6. The smallest absolute Gasteiger partial charge is 0.248 e. The number of aromatic nitrogens is 1. The average Bonchev–Trinajstić information content (AvgIpc) is 2.07. The molecule has 1 N–H and O–H groups in total. The maximum atomic E-state index is 11.0. The van der Waals surface area contributed by atoms with Crippen LogP contribution in [0.1, 0.15) is 26.3 Å². The first kappa shape index (κ1) is 9.84. The Hall–Kier alpha value is -1.25. The zero-order valence-corrected chi connectivity index (χ0v) is 8.26. The summed E-state index contributed by atoms with van der Waals surface area (Å²) < 4.78 is 5.52. The highest BCUT2D eigenvalue weighted by Gasteiger charge is 2.04. The summed E-state index contributed by atoms with van der Waals surface area (Å²) in [6.07, 6.45) is 2.57. The van der Waals surface area contributed by atoms with Crippen LogP contribution in [0.25, 0.3) is 0 Å². The van der Waals surface area contributed by atoms with Gasteiger partial charge in [0.15, 0.2) is 0 Å². The molecule has 1 aromatic heterocycles. The Morgan fingerprint density at radius 3 is 2.77 bits per heavy atom. The van der Waals surface area contributed by atoms with Crippen molar-refractivity contribution in [3.63, 3.8) is 0 Å². The molecule has 0 amide bonds. The number of nitrogens with one attached hydrogen (secondary N) is 1. The number of hydrogen-bond acceptors (Lipinski definition) is 2. The van der Waals surface area contributed by atoms with Crippen LogP contribution in [0.5, 0.6) is 5.75 Å². The SMILES string of the molecule is CCc1cc(=O)[nH]cc1OC(C)C. The molecular weight excluding hydrogens is 166 g/mol. The van der Waals surface area contributed by atoms with Crippen molar-refractivity contribution >= 4 is 0 Å². The molecule has 0 aliphatic heterocycles. The quantitative estimate of drug-likeness (QED) is 0.771. The molecule has 1 heterocycles. The maximum Gasteiger partial charge on any atom is 0.248 e. The van der Waals surface area contributed by atoms with Crippen molar-refractivity contribution in [1.29, 1.82) is 0 Å². The van der Waals surface area contributed by atoms with E-state index in [1.54, 1.807) is 12.3 Å². The maximum absolute atomic E-state index is 11.0. The van der Waals surface area contributed by atoms with E-state index in [2.05, 4.69) is 4.98 Å². The minimum atomic E-state index is -0.0760. The van der Waals surface area contributed by atoms with E-state index < -0.39 is 0 Å². The van der Waals surface area contributed by atoms with E-state index in [0.717, 1.165) is 17.7 Å². The van der Waals surface area contributed by atoms with Gasteiger partial charge in [-0.05, 0) is 20.3 Å². The largest absolute Gasteiger partial charge is 0.489 e. The van der Waals surface area contributed by atoms with E-state index in [1.165, 1.54) is 0 Å². The summed E-state index contributed by atoms with van der Waals surface area (Å²) in [5.41, 5.74) is 0.880. The van der Waals surface area contributed by atoms with Crippen LogP contribution >= 0.6 is 0 Å². The molecule has 0 atom stereocenters. The van der Waals surface area contributed by atoms with Gasteiger partial charge in [-0.1, -0.05) is 6.92 Å². The molecule has 0 aliphatic carbocycles. The van der Waals surface area contributed by atoms with Crippen molar-refractivity contribution in [2.75, 3.05) is 0 Å². The first-order valence-corrected chi connectivity index (χ1v) is 4.51. The molecule has 0 spiro atoms. The molecule has 0 bridgehead atoms. The Labute approximate surface area is 77.8 Å². The van der Waals surface area contributed by atoms with Gasteiger partial charge in [-0.15, -0.1) is 0 Å². The summed E-state index contributed by atoms with van der Waals surface area (Å²) >= 11 is 0. The third-order valence-electron chi connectivity index (χ3n) is 1.71. The molecule has 0 aliphatic rings. The molecule has 0 saturated carbocycles. The van der Waals surface area contributed by atoms with Gasteiger partial charge in [0.2, 0.25) is 5.56 Å². The Balaban J connectivity index is 2.99. The van der Waals surface area contributed by atoms with Crippen molar-refractivity contribution in [2.45, 2.75) is 33.3 Å². The predicted molar refractivity (Wildman–Crippen MR) is 52.2 cm³/mol. The van der Waals surface area contributed by atoms with Gasteiger partial charge in [-0.3, -0.25) is 4.79 Å². The first-order chi connectivity index (χ1) is 6.13. The fraction of sp³-hybridized carbons (Fsp3) is 0.500. The Kier molecular flexibility index (Phi) is 3.12. The number of pyridine rings is 1. The van der Waals surface area contributed by atoms with Gasteiger partial charge in [-0.2, -0.15) is 0 Å². The van der Waals surface area contributed by atoms with Crippen LogP contribution in [0, 0.1) is 0 Å². The van der Waals surface area contributed by atoms with Crippen molar-refractivity contribution in [1.82, 2.24) is 4.98 Å². The van der Waals surface area contributed by atoms with Gasteiger partial charge in [0.25, 0.3) is 0 Å². The van der Waals surface area contributed by atoms with Crippen molar-refractivity contribution in [2.24, 2.45) is 0 Å². The Bertz CT molecular complexity index is 328. The number of aromatic amines is 1. The number of rotatable bonds is 3. The van der Waals surface area contributed by atoms with Gasteiger partial charge in [0.1, 0.15) is 5.75 Å². The number of hydrogen-bond donors (Lipinski definition) is 1. The van der Waals surface area contributed by atoms with Crippen LogP contribution in [-0.2, 0) is 6.42 Å². The first-order valence-electron chi connectivity index (χ1n) is 4.51. The Morgan fingerprint density at radius 1 is 1.54 bits per heavy atom. The normalized spacial score (nSPS) is 10.5. The molecular formula is C10H15NO2. The second kappa shape index (κ2) is 4.12. The number of H-pyrrole nitrogens is 1. The standard InChI is InChI=1S/C10H15NO2/c1-4-8-5-10(12)11-6-9(8)13-7(2)3/h5-7H,4H2,1-3H3,(H,11,12). The lowest BCUT2D eigenvalue weighted by Gasteiger charge is -2.12. The van der Waals surface area contributed by atoms with Crippen molar-refractivity contribution < 1.29 is 4.74 Å². The van der Waals surface area contributed by atoms with E-state index in [-0.39, 0.29) is 11.7 Å². The molecule has 0 saturated heterocycles. The van der Waals surface area contributed by atoms with Crippen LogP contribution in [0.2, 0.25) is 0 Å². The highest BCUT2D eigenvalue weighted by Crippen LogP contribution is 2.16. The molecule has 3 heteroatoms. The lowest BCUT2D eigenvalue weighted by atomic mass is 10.2. The van der Waals surface area contributed by atoms with Gasteiger partial charge < -0.3 is 9.72 Å². The second-order valence-corrected chi connectivity index (χ2v) is 3.21. The highest BCUT2D eigenvalue weighted by atomic mass is 16.5. The molecule has 3 nitrogen and oxygen atoms in total. The zero-order valence-electron chi connectivity index (χ0n) is 8.26. The van der Waals surface area contributed by atoms with E-state index in [0.29, 0.717) is 0 Å². The molecule has 1 rings (SSSR count). The summed E-state index contributed by atoms with van der Waals surface area (Å²) in [5, 5.41) is 0. The Morgan fingerprint density at radius 2 is 2.23 bits per heavy atom. The van der Waals surface area contributed by atoms with Crippen LogP contribution in [-0.4, -0.2) is 11.1 Å². The third kappa shape index (κ3) is 2.61. The summed E-state index contributed by atoms with van der Waals surface area (Å²) in [6, 6.07) is 1.58. The zero-order chi connectivity index (χ0) is 9.84. The fourth-order valence-electron chi connectivity index (χ4n) is 1.14. The van der Waals surface area contributed by atoms with Crippen LogP contribution in [0.4, 0.5) is 0 Å². The second-order valence-electron chi connectivity index (χ2n) is 3.21. The fourth-order valence-corrected chi connectivity index (χ4v) is 1.14. The summed E-state index contributed by atoms with van der Waals surface area (Å²) in [5.74, 6) is 0.775. The molecule has 0 unspecified atom stereocenters. The summed E-state index contributed by atoms with van der Waals surface area (Å²) in [6.45, 7) is 5.93. The minimum absolute atomic E-state index is 0.0760. The number of ether oxygens (including phenoxy) is 1. The van der Waals surface area contributed by atoms with E-state index >= 15 is 0 Å². The molecule has 0 fully saturated rings. The highest BCUT2D eigenvalue weighted by molar-refractivity contribution is 5.29. The van der Waals surface area contributed by atoms with E-state index in [9.17, 15) is 4.79 Å². The van der Waals surface area contributed by atoms with Gasteiger partial charge >= 0.3 is 0 Å². The molecule has 72 valence electrons. The lowest BCUT2D eigenvalue weighted by Crippen LogP contribution is -2.11. The van der Waals surface area contributed by atoms with Gasteiger partial charge in [0, 0.05) is 17.8 Å². The average molecular weight is 181 g/mol. The molecule has 1 aromatic rings. The monoisotopic (exact) mass is 181 g/mol. The minimum Gasteiger partial charge on any atom is -0.489 e. The number of aryl methyl sites for hydroxylation is 1. The van der Waals surface area contributed by atoms with Gasteiger partial charge in [-0.25, -0.2) is 0 Å². The van der Waals surface area contributed by atoms with E-state index in [4.69, 9.17) is 4.74 Å². The van der Waals surface area contributed by atoms with Crippen molar-refractivity contribution in [3.8, 4) is 5.75 Å². The van der Waals surface area contributed by atoms with Gasteiger partial charge in [0.05, 0.1) is 6.10 Å².